The summed E-state index contributed by atoms with van der Waals surface area (Å²) in [7, 11) is 3.24. The molecule has 3 rings (SSSR count). The first kappa shape index (κ1) is 16.7. The van der Waals surface area contributed by atoms with Crippen molar-refractivity contribution in [1.29, 1.82) is 0 Å². The molecule has 0 aliphatic heterocycles. The number of furan rings is 1. The van der Waals surface area contributed by atoms with E-state index in [1.165, 1.54) is 24.5 Å². The van der Waals surface area contributed by atoms with Gasteiger partial charge in [0.15, 0.2) is 0 Å². The molecule has 0 radical (unpaired) electrons. The lowest BCUT2D eigenvalue weighted by Gasteiger charge is -2.16. The minimum atomic E-state index is -0.334. The van der Waals surface area contributed by atoms with Crippen molar-refractivity contribution in [3.8, 4) is 0 Å². The Morgan fingerprint density at radius 1 is 1.33 bits per heavy atom. The minimum absolute atomic E-state index is 0.170. The van der Waals surface area contributed by atoms with E-state index >= 15 is 0 Å². The fraction of sp³-hybridized carbons (Fsp3) is 0.278. The number of carbonyl (C=O) groups excluding carboxylic acids is 1. The van der Waals surface area contributed by atoms with Gasteiger partial charge in [0.05, 0.1) is 18.0 Å². The normalized spacial score (nSPS) is 11.2. The highest BCUT2D eigenvalue weighted by atomic mass is 32.1. The van der Waals surface area contributed by atoms with Gasteiger partial charge >= 0.3 is 0 Å². The summed E-state index contributed by atoms with van der Waals surface area (Å²) in [6.07, 6.45) is 0. The van der Waals surface area contributed by atoms with Crippen LogP contribution in [-0.4, -0.2) is 25.0 Å². The number of benzene rings is 1. The van der Waals surface area contributed by atoms with Crippen LogP contribution in [0.15, 0.2) is 34.7 Å². The molecule has 0 atom stereocenters. The number of hydrogen-bond donors (Lipinski definition) is 0. The number of fused-ring (bicyclic) bond motifs is 1. The number of carbonyl (C=O) groups is 1. The van der Waals surface area contributed by atoms with Crippen LogP contribution in [0.1, 0.15) is 26.8 Å². The Morgan fingerprint density at radius 2 is 2.12 bits per heavy atom. The molecule has 0 spiro atoms. The van der Waals surface area contributed by atoms with E-state index in [9.17, 15) is 9.18 Å². The van der Waals surface area contributed by atoms with E-state index in [1.807, 2.05) is 25.1 Å². The minimum Gasteiger partial charge on any atom is -0.464 e. The fourth-order valence-electron chi connectivity index (χ4n) is 2.67. The van der Waals surface area contributed by atoms with Gasteiger partial charge in [-0.15, -0.1) is 11.3 Å². The highest BCUT2D eigenvalue weighted by Crippen LogP contribution is 2.34. The third kappa shape index (κ3) is 3.07. The van der Waals surface area contributed by atoms with Gasteiger partial charge in [-0.2, -0.15) is 0 Å². The summed E-state index contributed by atoms with van der Waals surface area (Å²) >= 11 is 1.29. The summed E-state index contributed by atoms with van der Waals surface area (Å²) in [6.45, 7) is 2.41. The summed E-state index contributed by atoms with van der Waals surface area (Å²) in [5, 5.41) is 0.468. The van der Waals surface area contributed by atoms with Crippen molar-refractivity contribution in [3.63, 3.8) is 0 Å². The summed E-state index contributed by atoms with van der Waals surface area (Å²) in [5.41, 5.74) is 0.600. The number of ether oxygens (including phenoxy) is 1. The van der Waals surface area contributed by atoms with Crippen LogP contribution in [0.5, 0.6) is 0 Å². The third-order valence-electron chi connectivity index (χ3n) is 3.78. The van der Waals surface area contributed by atoms with Crippen molar-refractivity contribution in [3.05, 3.63) is 58.1 Å². The first-order valence-corrected chi connectivity index (χ1v) is 8.32. The molecule has 2 heterocycles. The Hall–Kier alpha value is -2.18. The van der Waals surface area contributed by atoms with E-state index in [1.54, 1.807) is 18.0 Å². The number of aryl methyl sites for hydroxylation is 1. The molecule has 0 fully saturated rings. The number of rotatable bonds is 5. The van der Waals surface area contributed by atoms with Gasteiger partial charge in [-0.1, -0.05) is 6.07 Å². The summed E-state index contributed by atoms with van der Waals surface area (Å²) in [5.74, 6) is 1.01. The second-order valence-corrected chi connectivity index (χ2v) is 6.68. The fourth-order valence-corrected chi connectivity index (χ4v) is 3.89. The number of halogens is 1. The average molecular weight is 347 g/mol. The van der Waals surface area contributed by atoms with E-state index in [0.717, 1.165) is 10.5 Å². The Bertz CT molecular complexity index is 884. The molecule has 1 amide bonds. The molecular formula is C18H18FNO3S. The van der Waals surface area contributed by atoms with Gasteiger partial charge in [0.1, 0.15) is 17.3 Å². The number of thiophene rings is 1. The maximum absolute atomic E-state index is 14.2. The largest absolute Gasteiger partial charge is 0.464 e. The number of hydrogen-bond acceptors (Lipinski definition) is 4. The lowest BCUT2D eigenvalue weighted by Crippen LogP contribution is -2.26. The van der Waals surface area contributed by atoms with Gasteiger partial charge in [-0.3, -0.25) is 4.79 Å². The first-order chi connectivity index (χ1) is 11.5. The SMILES string of the molecule is COCc1c(C(=O)N(C)Cc2ccc(C)o2)sc2cccc(F)c12. The Labute approximate surface area is 143 Å². The third-order valence-corrected chi connectivity index (χ3v) is 4.97. The molecule has 3 aromatic rings. The van der Waals surface area contributed by atoms with Gasteiger partial charge < -0.3 is 14.1 Å². The summed E-state index contributed by atoms with van der Waals surface area (Å²) in [6, 6.07) is 8.57. The monoisotopic (exact) mass is 347 g/mol. The second-order valence-electron chi connectivity index (χ2n) is 5.63. The quantitative estimate of drug-likeness (QED) is 0.689. The Morgan fingerprint density at radius 3 is 2.79 bits per heavy atom. The van der Waals surface area contributed by atoms with E-state index in [2.05, 4.69) is 0 Å². The molecular weight excluding hydrogens is 329 g/mol. The predicted molar refractivity (Wildman–Crippen MR) is 91.7 cm³/mol. The lowest BCUT2D eigenvalue weighted by atomic mass is 10.1. The van der Waals surface area contributed by atoms with Crippen LogP contribution in [-0.2, 0) is 17.9 Å². The summed E-state index contributed by atoms with van der Waals surface area (Å²) < 4.78 is 25.7. The molecule has 0 saturated heterocycles. The smallest absolute Gasteiger partial charge is 0.264 e. The standard InChI is InChI=1S/C18H18FNO3S/c1-11-7-8-12(23-11)9-20(2)18(21)17-13(10-22-3)16-14(19)5-4-6-15(16)24-17/h4-8H,9-10H2,1-3H3. The lowest BCUT2D eigenvalue weighted by molar-refractivity contribution is 0.0775. The second kappa shape index (κ2) is 6.75. The zero-order valence-electron chi connectivity index (χ0n) is 13.8. The first-order valence-electron chi connectivity index (χ1n) is 7.51. The van der Waals surface area contributed by atoms with Crippen LogP contribution < -0.4 is 0 Å². The van der Waals surface area contributed by atoms with Crippen LogP contribution in [0.25, 0.3) is 10.1 Å². The molecule has 24 heavy (non-hydrogen) atoms. The molecule has 4 nitrogen and oxygen atoms in total. The van der Waals surface area contributed by atoms with Crippen molar-refractivity contribution >= 4 is 27.3 Å². The van der Waals surface area contributed by atoms with Gasteiger partial charge in [0, 0.05) is 29.8 Å². The van der Waals surface area contributed by atoms with Crippen LogP contribution in [0.3, 0.4) is 0 Å². The van der Waals surface area contributed by atoms with Crippen molar-refractivity contribution in [2.45, 2.75) is 20.1 Å². The Kier molecular flexibility index (Phi) is 4.69. The maximum atomic E-state index is 14.2. The van der Waals surface area contributed by atoms with Gasteiger partial charge in [0.2, 0.25) is 0 Å². The van der Waals surface area contributed by atoms with Crippen molar-refractivity contribution in [2.75, 3.05) is 14.2 Å². The molecule has 0 unspecified atom stereocenters. The Balaban J connectivity index is 1.96. The van der Waals surface area contributed by atoms with Gasteiger partial charge in [-0.05, 0) is 31.2 Å². The topological polar surface area (TPSA) is 42.7 Å². The highest BCUT2D eigenvalue weighted by Gasteiger charge is 2.23. The van der Waals surface area contributed by atoms with E-state index in [4.69, 9.17) is 9.15 Å². The van der Waals surface area contributed by atoms with Crippen molar-refractivity contribution in [2.24, 2.45) is 0 Å². The molecule has 1 aromatic carbocycles. The molecule has 0 bridgehead atoms. The average Bonchev–Trinajstić information content (AvgIpc) is 3.12. The predicted octanol–water partition coefficient (Wildman–Crippen LogP) is 4.36. The highest BCUT2D eigenvalue weighted by molar-refractivity contribution is 7.21. The van der Waals surface area contributed by atoms with Crippen LogP contribution in [0.2, 0.25) is 0 Å². The maximum Gasteiger partial charge on any atom is 0.264 e. The number of nitrogens with zero attached hydrogens (tertiary/aromatic N) is 1. The van der Waals surface area contributed by atoms with Crippen LogP contribution >= 0.6 is 11.3 Å². The van der Waals surface area contributed by atoms with E-state index < -0.39 is 0 Å². The zero-order chi connectivity index (χ0) is 17.3. The summed E-state index contributed by atoms with van der Waals surface area (Å²) in [4.78, 5) is 14.9. The zero-order valence-corrected chi connectivity index (χ0v) is 14.6. The van der Waals surface area contributed by atoms with Crippen LogP contribution in [0, 0.1) is 12.7 Å². The van der Waals surface area contributed by atoms with E-state index in [0.29, 0.717) is 28.1 Å². The number of amides is 1. The molecule has 0 aliphatic carbocycles. The van der Waals surface area contributed by atoms with Gasteiger partial charge in [-0.25, -0.2) is 4.39 Å². The molecule has 0 aliphatic rings. The number of methoxy groups -OCH3 is 1. The van der Waals surface area contributed by atoms with E-state index in [-0.39, 0.29) is 18.3 Å². The van der Waals surface area contributed by atoms with Crippen LogP contribution in [0.4, 0.5) is 4.39 Å². The van der Waals surface area contributed by atoms with Crippen molar-refractivity contribution in [1.82, 2.24) is 4.90 Å². The molecule has 2 aromatic heterocycles. The molecule has 6 heteroatoms. The van der Waals surface area contributed by atoms with Crippen molar-refractivity contribution < 1.29 is 18.3 Å². The molecule has 0 N–H and O–H groups in total. The molecule has 126 valence electrons. The van der Waals surface area contributed by atoms with Gasteiger partial charge in [0.25, 0.3) is 5.91 Å². The molecule has 0 saturated carbocycles.